The molecule has 4 rings (SSSR count). The highest BCUT2D eigenvalue weighted by Gasteiger charge is 2.46. The first kappa shape index (κ1) is 17.4. The predicted octanol–water partition coefficient (Wildman–Crippen LogP) is 3.88. The number of anilines is 1. The van der Waals surface area contributed by atoms with Gasteiger partial charge in [-0.05, 0) is 36.8 Å². The maximum Gasteiger partial charge on any atom is 0.296 e. The Bertz CT molecular complexity index is 1070. The van der Waals surface area contributed by atoms with Gasteiger partial charge >= 0.3 is 0 Å². The molecule has 0 bridgehead atoms. The standard InChI is InChI=1S/C18H12ClN3O4S/c1-9-20-21-18(27-9)22-14(10-4-2-5-11(19)8-10)13(16(24)17(22)25)15(23)12-6-3-7-26-12/h2-8,14,24H,1H3. The molecule has 0 saturated heterocycles. The van der Waals surface area contributed by atoms with E-state index in [1.807, 2.05) is 0 Å². The molecule has 7 nitrogen and oxygen atoms in total. The lowest BCUT2D eigenvalue weighted by Crippen LogP contribution is -2.31. The van der Waals surface area contributed by atoms with Crippen LogP contribution in [0.5, 0.6) is 0 Å². The lowest BCUT2D eigenvalue weighted by atomic mass is 9.95. The summed E-state index contributed by atoms with van der Waals surface area (Å²) in [6.07, 6.45) is 1.35. The summed E-state index contributed by atoms with van der Waals surface area (Å²) in [5.74, 6) is -1.94. The molecule has 1 amide bonds. The van der Waals surface area contributed by atoms with Crippen molar-refractivity contribution in [2.24, 2.45) is 0 Å². The molecule has 136 valence electrons. The van der Waals surface area contributed by atoms with Crippen molar-refractivity contribution in [3.63, 3.8) is 0 Å². The van der Waals surface area contributed by atoms with Gasteiger partial charge in [0.25, 0.3) is 5.91 Å². The van der Waals surface area contributed by atoms with Gasteiger partial charge in [-0.1, -0.05) is 35.1 Å². The van der Waals surface area contributed by atoms with E-state index in [0.717, 1.165) is 0 Å². The van der Waals surface area contributed by atoms with Gasteiger partial charge < -0.3 is 9.52 Å². The SMILES string of the molecule is Cc1nnc(N2C(=O)C(O)=C(C(=O)c3ccco3)C2c2cccc(Cl)c2)s1. The molecule has 1 aliphatic rings. The molecule has 27 heavy (non-hydrogen) atoms. The second-order valence-electron chi connectivity index (χ2n) is 5.81. The number of hydrogen-bond acceptors (Lipinski definition) is 7. The maximum absolute atomic E-state index is 13.0. The summed E-state index contributed by atoms with van der Waals surface area (Å²) in [7, 11) is 0. The monoisotopic (exact) mass is 401 g/mol. The maximum atomic E-state index is 13.0. The number of Topliss-reactive ketones (excluding diaryl/α,β-unsaturated/α-hetero) is 1. The Hall–Kier alpha value is -2.97. The van der Waals surface area contributed by atoms with Crippen molar-refractivity contribution in [1.82, 2.24) is 10.2 Å². The van der Waals surface area contributed by atoms with Crippen LogP contribution in [0.4, 0.5) is 5.13 Å². The Morgan fingerprint density at radius 2 is 2.11 bits per heavy atom. The summed E-state index contributed by atoms with van der Waals surface area (Å²) < 4.78 is 5.17. The number of carbonyl (C=O) groups is 2. The molecule has 1 aliphatic heterocycles. The zero-order valence-electron chi connectivity index (χ0n) is 13.9. The summed E-state index contributed by atoms with van der Waals surface area (Å²) in [5.41, 5.74) is 0.465. The number of rotatable bonds is 4. The van der Waals surface area contributed by atoms with Crippen molar-refractivity contribution >= 4 is 39.8 Å². The molecule has 0 spiro atoms. The van der Waals surface area contributed by atoms with Gasteiger partial charge in [-0.15, -0.1) is 10.2 Å². The number of halogens is 1. The Morgan fingerprint density at radius 1 is 1.30 bits per heavy atom. The minimum atomic E-state index is -0.902. The van der Waals surface area contributed by atoms with E-state index in [0.29, 0.717) is 15.6 Å². The molecular formula is C18H12ClN3O4S. The van der Waals surface area contributed by atoms with Crippen LogP contribution in [0.15, 0.2) is 58.4 Å². The number of benzene rings is 1. The molecule has 0 saturated carbocycles. The van der Waals surface area contributed by atoms with E-state index < -0.39 is 23.5 Å². The van der Waals surface area contributed by atoms with Crippen LogP contribution in [-0.4, -0.2) is 27.0 Å². The lowest BCUT2D eigenvalue weighted by Gasteiger charge is -2.23. The molecule has 1 N–H and O–H groups in total. The predicted molar refractivity (Wildman–Crippen MR) is 99.0 cm³/mol. The molecular weight excluding hydrogens is 390 g/mol. The summed E-state index contributed by atoms with van der Waals surface area (Å²) in [4.78, 5) is 27.0. The van der Waals surface area contributed by atoms with E-state index in [1.165, 1.54) is 28.6 Å². The third-order valence-electron chi connectivity index (χ3n) is 4.08. The number of hydrogen-bond donors (Lipinski definition) is 1. The van der Waals surface area contributed by atoms with Gasteiger partial charge in [0.1, 0.15) is 5.01 Å². The molecule has 0 fully saturated rings. The Balaban J connectivity index is 1.89. The quantitative estimate of drug-likeness (QED) is 0.666. The van der Waals surface area contributed by atoms with Gasteiger partial charge in [-0.25, -0.2) is 0 Å². The van der Waals surface area contributed by atoms with Crippen molar-refractivity contribution in [2.45, 2.75) is 13.0 Å². The van der Waals surface area contributed by atoms with Crippen LogP contribution in [0.2, 0.25) is 5.02 Å². The minimum Gasteiger partial charge on any atom is -0.503 e. The summed E-state index contributed by atoms with van der Waals surface area (Å²) >= 11 is 7.29. The fourth-order valence-corrected chi connectivity index (χ4v) is 3.86. The molecule has 3 heterocycles. The van der Waals surface area contributed by atoms with E-state index in [4.69, 9.17) is 16.0 Å². The van der Waals surface area contributed by atoms with Crippen LogP contribution in [0, 0.1) is 6.92 Å². The second-order valence-corrected chi connectivity index (χ2v) is 7.40. The number of aryl methyl sites for hydroxylation is 1. The van der Waals surface area contributed by atoms with Crippen LogP contribution >= 0.6 is 22.9 Å². The fraction of sp³-hybridized carbons (Fsp3) is 0.111. The first-order valence-electron chi connectivity index (χ1n) is 7.88. The van der Waals surface area contributed by atoms with Crippen LogP contribution in [-0.2, 0) is 4.79 Å². The summed E-state index contributed by atoms with van der Waals surface area (Å²) in [5, 5.41) is 19.8. The minimum absolute atomic E-state index is 0.0201. The van der Waals surface area contributed by atoms with Crippen molar-refractivity contribution in [3.8, 4) is 0 Å². The second kappa shape index (κ2) is 6.64. The zero-order valence-corrected chi connectivity index (χ0v) is 15.5. The van der Waals surface area contributed by atoms with E-state index in [2.05, 4.69) is 10.2 Å². The van der Waals surface area contributed by atoms with Crippen LogP contribution in [0.3, 0.4) is 0 Å². The number of furan rings is 1. The Morgan fingerprint density at radius 3 is 2.74 bits per heavy atom. The summed E-state index contributed by atoms with van der Waals surface area (Å²) in [6, 6.07) is 8.87. The number of carbonyl (C=O) groups excluding carboxylic acids is 2. The number of aliphatic hydroxyl groups excluding tert-OH is 1. The highest BCUT2D eigenvalue weighted by atomic mass is 35.5. The van der Waals surface area contributed by atoms with Crippen molar-refractivity contribution in [1.29, 1.82) is 0 Å². The molecule has 0 aliphatic carbocycles. The molecule has 0 radical (unpaired) electrons. The first-order chi connectivity index (χ1) is 13.0. The number of aliphatic hydroxyl groups is 1. The Kier molecular flexibility index (Phi) is 4.29. The van der Waals surface area contributed by atoms with Crippen molar-refractivity contribution < 1.29 is 19.1 Å². The molecule has 2 aromatic heterocycles. The zero-order chi connectivity index (χ0) is 19.1. The average Bonchev–Trinajstić information content (AvgIpc) is 3.36. The summed E-state index contributed by atoms with van der Waals surface area (Å²) in [6.45, 7) is 1.75. The highest BCUT2D eigenvalue weighted by Crippen LogP contribution is 2.43. The lowest BCUT2D eigenvalue weighted by molar-refractivity contribution is -0.117. The third-order valence-corrected chi connectivity index (χ3v) is 5.16. The van der Waals surface area contributed by atoms with Gasteiger partial charge in [0.15, 0.2) is 11.5 Å². The normalized spacial score (nSPS) is 17.0. The largest absolute Gasteiger partial charge is 0.503 e. The van der Waals surface area contributed by atoms with Crippen LogP contribution < -0.4 is 4.90 Å². The van der Waals surface area contributed by atoms with E-state index >= 15 is 0 Å². The number of ketones is 1. The fourth-order valence-electron chi connectivity index (χ4n) is 2.95. The van der Waals surface area contributed by atoms with Crippen LogP contribution in [0.1, 0.15) is 27.2 Å². The highest BCUT2D eigenvalue weighted by molar-refractivity contribution is 7.15. The smallest absolute Gasteiger partial charge is 0.296 e. The van der Waals surface area contributed by atoms with E-state index in [-0.39, 0.29) is 16.5 Å². The van der Waals surface area contributed by atoms with Gasteiger partial charge in [-0.3, -0.25) is 14.5 Å². The molecule has 1 aromatic carbocycles. The molecule has 1 unspecified atom stereocenters. The average molecular weight is 402 g/mol. The topological polar surface area (TPSA) is 96.5 Å². The molecule has 1 atom stereocenters. The number of amides is 1. The van der Waals surface area contributed by atoms with Gasteiger partial charge in [0.05, 0.1) is 17.9 Å². The van der Waals surface area contributed by atoms with Gasteiger partial charge in [0, 0.05) is 5.02 Å². The van der Waals surface area contributed by atoms with Gasteiger partial charge in [0.2, 0.25) is 10.9 Å². The van der Waals surface area contributed by atoms with Gasteiger partial charge in [-0.2, -0.15) is 0 Å². The van der Waals surface area contributed by atoms with Crippen LogP contribution in [0.25, 0.3) is 0 Å². The Labute approximate surface area is 162 Å². The van der Waals surface area contributed by atoms with E-state index in [1.54, 1.807) is 37.3 Å². The number of aromatic nitrogens is 2. The molecule has 3 aromatic rings. The van der Waals surface area contributed by atoms with Crippen molar-refractivity contribution in [2.75, 3.05) is 4.90 Å². The first-order valence-corrected chi connectivity index (χ1v) is 9.07. The van der Waals surface area contributed by atoms with E-state index in [9.17, 15) is 14.7 Å². The molecule has 9 heteroatoms. The third kappa shape index (κ3) is 2.92. The number of nitrogens with zero attached hydrogens (tertiary/aromatic N) is 3. The van der Waals surface area contributed by atoms with Crippen molar-refractivity contribution in [3.05, 3.63) is 75.3 Å².